The van der Waals surface area contributed by atoms with E-state index in [1.807, 2.05) is 0 Å². The van der Waals surface area contributed by atoms with E-state index in [9.17, 15) is 4.79 Å². The molecule has 0 aromatic rings. The molecule has 0 bridgehead atoms. The quantitative estimate of drug-likeness (QED) is 0.771. The van der Waals surface area contributed by atoms with Gasteiger partial charge in [-0.1, -0.05) is 34.6 Å². The molecule has 0 aromatic heterocycles. The first-order valence-corrected chi connectivity index (χ1v) is 6.04. The molecule has 1 amide bonds. The molecule has 0 radical (unpaired) electrons. The molecule has 1 aliphatic carbocycles. The zero-order valence-corrected chi connectivity index (χ0v) is 11.2. The number of nitrogens with one attached hydrogen (secondary N) is 1. The van der Waals surface area contributed by atoms with E-state index < -0.39 is 5.41 Å². The monoisotopic (exact) mass is 227 g/mol. The van der Waals surface area contributed by atoms with Crippen LogP contribution in [0.3, 0.4) is 0 Å². The van der Waals surface area contributed by atoms with Crippen molar-refractivity contribution in [1.29, 1.82) is 0 Å². The molecule has 0 unspecified atom stereocenters. The molecule has 16 heavy (non-hydrogen) atoms. The maximum Gasteiger partial charge on any atom is 0.228 e. The molecular formula is C13H25NO2. The van der Waals surface area contributed by atoms with Gasteiger partial charge in [-0.3, -0.25) is 4.79 Å². The molecule has 3 heteroatoms. The third-order valence-electron chi connectivity index (χ3n) is 4.36. The van der Waals surface area contributed by atoms with Crippen LogP contribution in [0.5, 0.6) is 0 Å². The van der Waals surface area contributed by atoms with E-state index >= 15 is 0 Å². The Bertz CT molecular complexity index is 272. The van der Waals surface area contributed by atoms with E-state index in [4.69, 9.17) is 5.11 Å². The van der Waals surface area contributed by atoms with Crippen LogP contribution < -0.4 is 5.32 Å². The first kappa shape index (κ1) is 13.5. The van der Waals surface area contributed by atoms with E-state index in [1.165, 1.54) is 0 Å². The minimum Gasteiger partial charge on any atom is -0.395 e. The first-order chi connectivity index (χ1) is 7.15. The van der Waals surface area contributed by atoms with Gasteiger partial charge in [-0.25, -0.2) is 0 Å². The fourth-order valence-electron chi connectivity index (χ4n) is 1.36. The summed E-state index contributed by atoms with van der Waals surface area (Å²) in [5.74, 6) is 0.0207. The summed E-state index contributed by atoms with van der Waals surface area (Å²) in [4.78, 5) is 11.9. The van der Waals surface area contributed by atoms with Crippen molar-refractivity contribution in [2.75, 3.05) is 13.2 Å². The number of rotatable bonds is 4. The molecule has 1 rings (SSSR count). The van der Waals surface area contributed by atoms with Crippen LogP contribution >= 0.6 is 0 Å². The SMILES string of the molecule is CC(C)(C)C(C)(C)CNC(=O)C1(CO)CC1. The van der Waals surface area contributed by atoms with Gasteiger partial charge < -0.3 is 10.4 Å². The Balaban J connectivity index is 2.49. The minimum atomic E-state index is -0.450. The third kappa shape index (κ3) is 2.57. The van der Waals surface area contributed by atoms with Crippen LogP contribution in [0, 0.1) is 16.2 Å². The Labute approximate surface area is 98.6 Å². The summed E-state index contributed by atoms with van der Waals surface area (Å²) in [5.41, 5.74) is -0.252. The summed E-state index contributed by atoms with van der Waals surface area (Å²) in [6.45, 7) is 11.5. The van der Waals surface area contributed by atoms with Gasteiger partial charge in [-0.05, 0) is 23.7 Å². The van der Waals surface area contributed by atoms with Crippen molar-refractivity contribution >= 4 is 5.91 Å². The number of aliphatic hydroxyl groups excluding tert-OH is 1. The van der Waals surface area contributed by atoms with Gasteiger partial charge in [0.15, 0.2) is 0 Å². The van der Waals surface area contributed by atoms with Gasteiger partial charge in [0.1, 0.15) is 0 Å². The second-order valence-electron chi connectivity index (χ2n) is 6.76. The fraction of sp³-hybridized carbons (Fsp3) is 0.923. The highest BCUT2D eigenvalue weighted by Crippen LogP contribution is 2.45. The van der Waals surface area contributed by atoms with Crippen LogP contribution in [0.15, 0.2) is 0 Å². The van der Waals surface area contributed by atoms with Crippen molar-refractivity contribution in [2.45, 2.75) is 47.5 Å². The molecule has 3 nitrogen and oxygen atoms in total. The van der Waals surface area contributed by atoms with E-state index in [0.29, 0.717) is 6.54 Å². The number of aliphatic hydroxyl groups is 1. The van der Waals surface area contributed by atoms with Gasteiger partial charge in [-0.2, -0.15) is 0 Å². The Morgan fingerprint density at radius 3 is 2.06 bits per heavy atom. The van der Waals surface area contributed by atoms with Crippen LogP contribution in [0.25, 0.3) is 0 Å². The Morgan fingerprint density at radius 2 is 1.75 bits per heavy atom. The predicted octanol–water partition coefficient (Wildman–Crippen LogP) is 1.95. The lowest BCUT2D eigenvalue weighted by Crippen LogP contribution is -2.44. The molecule has 94 valence electrons. The van der Waals surface area contributed by atoms with Gasteiger partial charge >= 0.3 is 0 Å². The van der Waals surface area contributed by atoms with Crippen molar-refractivity contribution in [3.8, 4) is 0 Å². The first-order valence-electron chi connectivity index (χ1n) is 6.04. The lowest BCUT2D eigenvalue weighted by molar-refractivity contribution is -0.128. The number of hydrogen-bond donors (Lipinski definition) is 2. The van der Waals surface area contributed by atoms with Gasteiger partial charge in [0, 0.05) is 6.54 Å². The Morgan fingerprint density at radius 1 is 1.25 bits per heavy atom. The van der Waals surface area contributed by atoms with Crippen molar-refractivity contribution < 1.29 is 9.90 Å². The highest BCUT2D eigenvalue weighted by molar-refractivity contribution is 5.85. The van der Waals surface area contributed by atoms with Gasteiger partial charge in [0.05, 0.1) is 12.0 Å². The zero-order valence-electron chi connectivity index (χ0n) is 11.2. The predicted molar refractivity (Wildman–Crippen MR) is 65.0 cm³/mol. The average Bonchev–Trinajstić information content (AvgIpc) is 2.93. The molecule has 2 N–H and O–H groups in total. The summed E-state index contributed by atoms with van der Waals surface area (Å²) in [6, 6.07) is 0. The molecule has 0 aromatic carbocycles. The lowest BCUT2D eigenvalue weighted by atomic mass is 9.69. The largest absolute Gasteiger partial charge is 0.395 e. The van der Waals surface area contributed by atoms with Crippen molar-refractivity contribution in [3.63, 3.8) is 0 Å². The third-order valence-corrected chi connectivity index (χ3v) is 4.36. The topological polar surface area (TPSA) is 49.3 Å². The highest BCUT2D eigenvalue weighted by atomic mass is 16.3. The maximum atomic E-state index is 11.9. The van der Waals surface area contributed by atoms with Crippen LogP contribution in [-0.2, 0) is 4.79 Å². The van der Waals surface area contributed by atoms with E-state index in [2.05, 4.69) is 39.9 Å². The molecule has 1 aliphatic rings. The number of carbonyl (C=O) groups is 1. The molecule has 0 atom stereocenters. The summed E-state index contributed by atoms with van der Waals surface area (Å²) < 4.78 is 0. The summed E-state index contributed by atoms with van der Waals surface area (Å²) in [6.07, 6.45) is 1.65. The number of amides is 1. The van der Waals surface area contributed by atoms with E-state index in [1.54, 1.807) is 0 Å². The van der Waals surface area contributed by atoms with Gasteiger partial charge in [-0.15, -0.1) is 0 Å². The molecule has 0 aliphatic heterocycles. The Hall–Kier alpha value is -0.570. The van der Waals surface area contributed by atoms with E-state index in [-0.39, 0.29) is 23.3 Å². The molecule has 1 fully saturated rings. The molecular weight excluding hydrogens is 202 g/mol. The summed E-state index contributed by atoms with van der Waals surface area (Å²) >= 11 is 0. The van der Waals surface area contributed by atoms with Gasteiger partial charge in [0.2, 0.25) is 5.91 Å². The lowest BCUT2D eigenvalue weighted by Gasteiger charge is -2.39. The zero-order chi connectivity index (χ0) is 12.6. The minimum absolute atomic E-state index is 0.0191. The van der Waals surface area contributed by atoms with Crippen molar-refractivity contribution in [2.24, 2.45) is 16.2 Å². The number of hydrogen-bond acceptors (Lipinski definition) is 2. The molecule has 0 spiro atoms. The van der Waals surface area contributed by atoms with Crippen molar-refractivity contribution in [3.05, 3.63) is 0 Å². The van der Waals surface area contributed by atoms with Crippen LogP contribution in [0.2, 0.25) is 0 Å². The summed E-state index contributed by atoms with van der Waals surface area (Å²) in [7, 11) is 0. The Kier molecular flexibility index (Phi) is 3.39. The molecule has 1 saturated carbocycles. The van der Waals surface area contributed by atoms with E-state index in [0.717, 1.165) is 12.8 Å². The van der Waals surface area contributed by atoms with Crippen LogP contribution in [0.4, 0.5) is 0 Å². The number of carbonyl (C=O) groups excluding carboxylic acids is 1. The highest BCUT2D eigenvalue weighted by Gasteiger charge is 2.49. The smallest absolute Gasteiger partial charge is 0.228 e. The summed E-state index contributed by atoms with van der Waals surface area (Å²) in [5, 5.41) is 12.1. The second kappa shape index (κ2) is 4.02. The molecule has 0 saturated heterocycles. The maximum absolute atomic E-state index is 11.9. The molecule has 0 heterocycles. The van der Waals surface area contributed by atoms with Crippen LogP contribution in [0.1, 0.15) is 47.5 Å². The normalized spacial score (nSPS) is 19.4. The van der Waals surface area contributed by atoms with Gasteiger partial charge in [0.25, 0.3) is 0 Å². The fourth-order valence-corrected chi connectivity index (χ4v) is 1.36. The second-order valence-corrected chi connectivity index (χ2v) is 6.76. The van der Waals surface area contributed by atoms with Crippen LogP contribution in [-0.4, -0.2) is 24.2 Å². The average molecular weight is 227 g/mol. The standard InChI is InChI=1S/C13H25NO2/c1-11(2,3)12(4,5)8-14-10(16)13(9-15)6-7-13/h15H,6-9H2,1-5H3,(H,14,16). The van der Waals surface area contributed by atoms with Crippen molar-refractivity contribution in [1.82, 2.24) is 5.32 Å².